The number of aromatic carboxylic acids is 1. The predicted molar refractivity (Wildman–Crippen MR) is 70.7 cm³/mol. The third-order valence-electron chi connectivity index (χ3n) is 2.61. The van der Waals surface area contributed by atoms with Crippen LogP contribution in [-0.2, 0) is 0 Å². The molecule has 0 unspecified atom stereocenters. The van der Waals surface area contributed by atoms with E-state index in [1.165, 1.54) is 12.4 Å². The Hall–Kier alpha value is -2.83. The van der Waals surface area contributed by atoms with Crippen molar-refractivity contribution in [1.29, 1.82) is 0 Å². The number of nitrogen functional groups attached to an aromatic ring is 1. The van der Waals surface area contributed by atoms with Crippen LogP contribution < -0.4 is 16.6 Å². The van der Waals surface area contributed by atoms with E-state index in [-0.39, 0.29) is 17.1 Å². The molecule has 19 heavy (non-hydrogen) atoms. The van der Waals surface area contributed by atoms with Gasteiger partial charge < -0.3 is 21.1 Å². The van der Waals surface area contributed by atoms with Gasteiger partial charge in [0, 0.05) is 5.69 Å². The molecule has 0 aliphatic heterocycles. The minimum Gasteiger partial charge on any atom is -0.478 e. The Morgan fingerprint density at radius 2 is 2.21 bits per heavy atom. The first kappa shape index (κ1) is 12.6. The molecule has 7 heteroatoms. The second-order valence-electron chi connectivity index (χ2n) is 3.95. The van der Waals surface area contributed by atoms with Gasteiger partial charge in [-0.25, -0.2) is 9.78 Å². The van der Waals surface area contributed by atoms with Crippen LogP contribution in [0.25, 0.3) is 0 Å². The third-order valence-corrected chi connectivity index (χ3v) is 2.61. The minimum absolute atomic E-state index is 0.0255. The number of hydrogen-bond donors (Lipinski definition) is 4. The molecule has 1 heterocycles. The number of carbonyl (C=O) groups is 1. The van der Waals surface area contributed by atoms with Crippen molar-refractivity contribution in [2.45, 2.75) is 6.92 Å². The Bertz CT molecular complexity index is 694. The van der Waals surface area contributed by atoms with E-state index < -0.39 is 11.5 Å². The van der Waals surface area contributed by atoms with Gasteiger partial charge in [0.15, 0.2) is 5.82 Å². The van der Waals surface area contributed by atoms with E-state index in [1.807, 2.05) is 0 Å². The molecule has 0 saturated carbocycles. The molecule has 0 atom stereocenters. The van der Waals surface area contributed by atoms with E-state index in [2.05, 4.69) is 15.3 Å². The number of rotatable bonds is 3. The number of nitrogens with zero attached hydrogens (tertiary/aromatic N) is 1. The van der Waals surface area contributed by atoms with Gasteiger partial charge in [-0.05, 0) is 30.7 Å². The van der Waals surface area contributed by atoms with Crippen molar-refractivity contribution in [3.63, 3.8) is 0 Å². The average Bonchev–Trinajstić information content (AvgIpc) is 2.34. The van der Waals surface area contributed by atoms with Gasteiger partial charge in [-0.15, -0.1) is 0 Å². The highest BCUT2D eigenvalue weighted by molar-refractivity contribution is 5.90. The number of carboxylic acid groups (broad SMARTS) is 1. The molecule has 2 aromatic rings. The van der Waals surface area contributed by atoms with Gasteiger partial charge in [-0.3, -0.25) is 4.79 Å². The molecular weight excluding hydrogens is 248 g/mol. The first-order chi connectivity index (χ1) is 8.99. The number of carboxylic acids is 1. The molecule has 0 radical (unpaired) electrons. The average molecular weight is 260 g/mol. The zero-order valence-corrected chi connectivity index (χ0v) is 10.1. The number of benzene rings is 1. The third kappa shape index (κ3) is 2.54. The summed E-state index contributed by atoms with van der Waals surface area (Å²) < 4.78 is 0. The monoisotopic (exact) mass is 260 g/mol. The lowest BCUT2D eigenvalue weighted by Gasteiger charge is -2.09. The summed E-state index contributed by atoms with van der Waals surface area (Å²) in [4.78, 5) is 28.5. The van der Waals surface area contributed by atoms with Crippen molar-refractivity contribution in [3.8, 4) is 0 Å². The summed E-state index contributed by atoms with van der Waals surface area (Å²) in [5.74, 6) is -0.760. The van der Waals surface area contributed by atoms with E-state index in [0.29, 0.717) is 11.3 Å². The van der Waals surface area contributed by atoms with Gasteiger partial charge >= 0.3 is 5.97 Å². The summed E-state index contributed by atoms with van der Waals surface area (Å²) in [6.07, 6.45) is 1.24. The molecule has 0 fully saturated rings. The number of nitrogens with one attached hydrogen (secondary N) is 2. The van der Waals surface area contributed by atoms with Crippen LogP contribution in [0.2, 0.25) is 0 Å². The van der Waals surface area contributed by atoms with Crippen molar-refractivity contribution in [1.82, 2.24) is 9.97 Å². The van der Waals surface area contributed by atoms with Crippen LogP contribution in [0.1, 0.15) is 15.9 Å². The summed E-state index contributed by atoms with van der Waals surface area (Å²) in [6.45, 7) is 1.68. The Kier molecular flexibility index (Phi) is 3.19. The van der Waals surface area contributed by atoms with E-state index in [0.717, 1.165) is 0 Å². The minimum atomic E-state index is -0.988. The summed E-state index contributed by atoms with van der Waals surface area (Å²) >= 11 is 0. The Morgan fingerprint density at radius 1 is 1.47 bits per heavy atom. The van der Waals surface area contributed by atoms with E-state index in [1.54, 1.807) is 19.1 Å². The van der Waals surface area contributed by atoms with Gasteiger partial charge in [0.25, 0.3) is 5.56 Å². The number of nitrogens with two attached hydrogens (primary N) is 1. The Morgan fingerprint density at radius 3 is 2.84 bits per heavy atom. The molecule has 1 aromatic heterocycles. The molecule has 0 amide bonds. The SMILES string of the molecule is Cc1cc(Nc2nc[nH]c(=O)c2N)ccc1C(=O)O. The van der Waals surface area contributed by atoms with Gasteiger partial charge in [-0.1, -0.05) is 0 Å². The molecule has 2 rings (SSSR count). The fourth-order valence-corrected chi connectivity index (χ4v) is 1.63. The normalized spacial score (nSPS) is 10.2. The maximum atomic E-state index is 11.3. The standard InChI is InChI=1S/C12H12N4O3/c1-6-4-7(2-3-8(6)12(18)19)16-10-9(13)11(17)15-5-14-10/h2-5H,13H2,1H3,(H,18,19)(H2,14,15,16,17). The quantitative estimate of drug-likeness (QED) is 0.655. The van der Waals surface area contributed by atoms with Crippen LogP contribution in [0.15, 0.2) is 29.3 Å². The fourth-order valence-electron chi connectivity index (χ4n) is 1.63. The molecule has 0 aliphatic rings. The van der Waals surface area contributed by atoms with Crippen LogP contribution in [0, 0.1) is 6.92 Å². The number of anilines is 3. The smallest absolute Gasteiger partial charge is 0.335 e. The van der Waals surface area contributed by atoms with Gasteiger partial charge in [0.2, 0.25) is 0 Å². The van der Waals surface area contributed by atoms with E-state index in [9.17, 15) is 9.59 Å². The van der Waals surface area contributed by atoms with Crippen molar-refractivity contribution in [3.05, 3.63) is 46.0 Å². The molecular formula is C12H12N4O3. The second-order valence-corrected chi connectivity index (χ2v) is 3.95. The van der Waals surface area contributed by atoms with Crippen molar-refractivity contribution in [2.24, 2.45) is 0 Å². The van der Waals surface area contributed by atoms with Gasteiger partial charge in [0.05, 0.1) is 11.9 Å². The highest BCUT2D eigenvalue weighted by Crippen LogP contribution is 2.20. The molecule has 5 N–H and O–H groups in total. The molecule has 0 saturated heterocycles. The van der Waals surface area contributed by atoms with Gasteiger partial charge in [0.1, 0.15) is 5.69 Å². The summed E-state index contributed by atoms with van der Waals surface area (Å²) in [5.41, 5.74) is 6.55. The highest BCUT2D eigenvalue weighted by Gasteiger charge is 2.09. The number of aromatic amines is 1. The fraction of sp³-hybridized carbons (Fsp3) is 0.0833. The molecule has 98 valence electrons. The Balaban J connectivity index is 2.34. The lowest BCUT2D eigenvalue weighted by atomic mass is 10.1. The molecule has 1 aromatic carbocycles. The van der Waals surface area contributed by atoms with Crippen LogP contribution in [0.4, 0.5) is 17.2 Å². The molecule has 7 nitrogen and oxygen atoms in total. The molecule has 0 spiro atoms. The maximum Gasteiger partial charge on any atom is 0.335 e. The van der Waals surface area contributed by atoms with Crippen molar-refractivity contribution < 1.29 is 9.90 Å². The summed E-state index contributed by atoms with van der Waals surface area (Å²) in [7, 11) is 0. The number of aryl methyl sites for hydroxylation is 1. The summed E-state index contributed by atoms with van der Waals surface area (Å²) in [5, 5.41) is 11.8. The first-order valence-electron chi connectivity index (χ1n) is 5.43. The lowest BCUT2D eigenvalue weighted by Crippen LogP contribution is -2.14. The van der Waals surface area contributed by atoms with Gasteiger partial charge in [-0.2, -0.15) is 0 Å². The van der Waals surface area contributed by atoms with Crippen LogP contribution >= 0.6 is 0 Å². The largest absolute Gasteiger partial charge is 0.478 e. The molecule has 0 bridgehead atoms. The van der Waals surface area contributed by atoms with Crippen molar-refractivity contribution >= 4 is 23.2 Å². The molecule has 0 aliphatic carbocycles. The number of H-pyrrole nitrogens is 1. The number of hydrogen-bond acceptors (Lipinski definition) is 5. The zero-order valence-electron chi connectivity index (χ0n) is 10.1. The van der Waals surface area contributed by atoms with Crippen LogP contribution in [-0.4, -0.2) is 21.0 Å². The van der Waals surface area contributed by atoms with Crippen LogP contribution in [0.5, 0.6) is 0 Å². The zero-order chi connectivity index (χ0) is 14.0. The second kappa shape index (κ2) is 4.81. The lowest BCUT2D eigenvalue weighted by molar-refractivity contribution is 0.0696. The maximum absolute atomic E-state index is 11.3. The van der Waals surface area contributed by atoms with E-state index in [4.69, 9.17) is 10.8 Å². The topological polar surface area (TPSA) is 121 Å². The highest BCUT2D eigenvalue weighted by atomic mass is 16.4. The van der Waals surface area contributed by atoms with Crippen molar-refractivity contribution in [2.75, 3.05) is 11.1 Å². The Labute approximate surface area is 108 Å². The van der Waals surface area contributed by atoms with E-state index >= 15 is 0 Å². The first-order valence-corrected chi connectivity index (χ1v) is 5.43. The van der Waals surface area contributed by atoms with Crippen LogP contribution in [0.3, 0.4) is 0 Å². The predicted octanol–water partition coefficient (Wildman–Crippen LogP) is 1.10. The number of aromatic nitrogens is 2. The summed E-state index contributed by atoms with van der Waals surface area (Å²) in [6, 6.07) is 4.70.